The predicted molar refractivity (Wildman–Crippen MR) is 64.9 cm³/mol. The summed E-state index contributed by atoms with van der Waals surface area (Å²) >= 11 is 11.6. The number of aryl methyl sites for hydroxylation is 1. The molecule has 1 aromatic rings. The Kier molecular flexibility index (Phi) is 5.13. The molecule has 0 spiro atoms. The first-order valence-corrected chi connectivity index (χ1v) is 5.87. The first kappa shape index (κ1) is 12.5. The van der Waals surface area contributed by atoms with Crippen LogP contribution in [0.3, 0.4) is 0 Å². The summed E-state index contributed by atoms with van der Waals surface area (Å²) in [6.45, 7) is 1.98. The van der Waals surface area contributed by atoms with Crippen molar-refractivity contribution in [3.63, 3.8) is 0 Å². The maximum absolute atomic E-state index is 11.5. The van der Waals surface area contributed by atoms with Crippen LogP contribution in [0.5, 0.6) is 0 Å². The fourth-order valence-electron chi connectivity index (χ4n) is 1.36. The summed E-state index contributed by atoms with van der Waals surface area (Å²) in [6, 6.07) is 5.76. The van der Waals surface area contributed by atoms with E-state index >= 15 is 0 Å². The van der Waals surface area contributed by atoms with Gasteiger partial charge in [-0.15, -0.1) is 11.6 Å². The fraction of sp³-hybridized carbons (Fsp3) is 0.417. The highest BCUT2D eigenvalue weighted by atomic mass is 35.5. The van der Waals surface area contributed by atoms with Crippen LogP contribution in [0.25, 0.3) is 0 Å². The summed E-state index contributed by atoms with van der Waals surface area (Å²) in [5, 5.41) is 0.675. The zero-order valence-corrected chi connectivity index (χ0v) is 10.2. The summed E-state index contributed by atoms with van der Waals surface area (Å²) in [5.41, 5.74) is 2.01. The molecular formula is C12H14Cl2O. The number of Topliss-reactive ketones (excluding diaryl/α,β-unsaturated/α-hetero) is 1. The van der Waals surface area contributed by atoms with E-state index in [0.29, 0.717) is 23.7 Å². The van der Waals surface area contributed by atoms with Crippen LogP contribution < -0.4 is 0 Å². The van der Waals surface area contributed by atoms with Crippen molar-refractivity contribution in [2.45, 2.75) is 26.2 Å². The number of carbonyl (C=O) groups excluding carboxylic acids is 1. The number of alkyl halides is 1. The Morgan fingerprint density at radius 1 is 1.40 bits per heavy atom. The van der Waals surface area contributed by atoms with Crippen molar-refractivity contribution in [1.29, 1.82) is 0 Å². The molecule has 0 radical (unpaired) electrons. The average Bonchev–Trinajstić information content (AvgIpc) is 2.19. The second-order valence-corrected chi connectivity index (χ2v) is 4.39. The molecule has 0 unspecified atom stereocenters. The van der Waals surface area contributed by atoms with Crippen molar-refractivity contribution >= 4 is 29.0 Å². The van der Waals surface area contributed by atoms with Gasteiger partial charge in [0.2, 0.25) is 0 Å². The molecule has 3 heteroatoms. The molecule has 0 heterocycles. The molecule has 1 nitrogen and oxygen atoms in total. The van der Waals surface area contributed by atoms with E-state index in [2.05, 4.69) is 0 Å². The number of ketones is 1. The molecular weight excluding hydrogens is 231 g/mol. The van der Waals surface area contributed by atoms with E-state index in [1.165, 1.54) is 0 Å². The molecule has 0 saturated carbocycles. The first-order valence-electron chi connectivity index (χ1n) is 4.96. The summed E-state index contributed by atoms with van der Waals surface area (Å²) < 4.78 is 0. The van der Waals surface area contributed by atoms with E-state index in [-0.39, 0.29) is 5.78 Å². The largest absolute Gasteiger partial charge is 0.299 e. The van der Waals surface area contributed by atoms with Gasteiger partial charge in [0.05, 0.1) is 0 Å². The smallest absolute Gasteiger partial charge is 0.137 e. The second kappa shape index (κ2) is 6.14. The van der Waals surface area contributed by atoms with Gasteiger partial charge < -0.3 is 0 Å². The quantitative estimate of drug-likeness (QED) is 0.721. The van der Waals surface area contributed by atoms with E-state index in [0.717, 1.165) is 17.5 Å². The lowest BCUT2D eigenvalue weighted by atomic mass is 10.0. The molecule has 15 heavy (non-hydrogen) atoms. The zero-order chi connectivity index (χ0) is 11.3. The first-order chi connectivity index (χ1) is 7.13. The van der Waals surface area contributed by atoms with Crippen molar-refractivity contribution in [3.8, 4) is 0 Å². The summed E-state index contributed by atoms with van der Waals surface area (Å²) in [4.78, 5) is 11.5. The van der Waals surface area contributed by atoms with Crippen molar-refractivity contribution in [1.82, 2.24) is 0 Å². The third-order valence-electron chi connectivity index (χ3n) is 2.19. The van der Waals surface area contributed by atoms with E-state index < -0.39 is 0 Å². The lowest BCUT2D eigenvalue weighted by Crippen LogP contribution is -2.03. The van der Waals surface area contributed by atoms with Gasteiger partial charge in [0.15, 0.2) is 0 Å². The van der Waals surface area contributed by atoms with E-state index in [1.54, 1.807) is 0 Å². The van der Waals surface area contributed by atoms with Crippen LogP contribution in [0, 0.1) is 6.92 Å². The van der Waals surface area contributed by atoms with Crippen LogP contribution in [0.15, 0.2) is 18.2 Å². The van der Waals surface area contributed by atoms with E-state index in [9.17, 15) is 4.79 Å². The third-order valence-corrected chi connectivity index (χ3v) is 2.80. The van der Waals surface area contributed by atoms with Crippen molar-refractivity contribution in [2.24, 2.45) is 0 Å². The van der Waals surface area contributed by atoms with Crippen molar-refractivity contribution in [2.75, 3.05) is 5.88 Å². The van der Waals surface area contributed by atoms with Gasteiger partial charge in [0.1, 0.15) is 5.78 Å². The Bertz CT molecular complexity index is 347. The van der Waals surface area contributed by atoms with E-state index in [4.69, 9.17) is 23.2 Å². The standard InChI is InChI=1S/C12H14Cl2O/c1-9-4-5-10(12(14)7-9)8-11(15)3-2-6-13/h4-5,7H,2-3,6,8H2,1H3. The van der Waals surface area contributed by atoms with Gasteiger partial charge in [-0.25, -0.2) is 0 Å². The minimum absolute atomic E-state index is 0.196. The summed E-state index contributed by atoms with van der Waals surface area (Å²) in [7, 11) is 0. The minimum atomic E-state index is 0.196. The highest BCUT2D eigenvalue weighted by Crippen LogP contribution is 2.18. The number of carbonyl (C=O) groups is 1. The fourth-order valence-corrected chi connectivity index (χ4v) is 1.80. The minimum Gasteiger partial charge on any atom is -0.299 e. The predicted octanol–water partition coefficient (Wildman–Crippen LogP) is 3.78. The van der Waals surface area contributed by atoms with Crippen LogP contribution in [-0.2, 0) is 11.2 Å². The van der Waals surface area contributed by atoms with Crippen LogP contribution in [0.1, 0.15) is 24.0 Å². The monoisotopic (exact) mass is 244 g/mol. The Morgan fingerprint density at radius 3 is 2.73 bits per heavy atom. The maximum atomic E-state index is 11.5. The number of hydrogen-bond donors (Lipinski definition) is 0. The molecule has 1 aromatic carbocycles. The summed E-state index contributed by atoms with van der Waals surface area (Å²) in [6.07, 6.45) is 1.69. The Morgan fingerprint density at radius 2 is 2.13 bits per heavy atom. The highest BCUT2D eigenvalue weighted by molar-refractivity contribution is 6.31. The molecule has 82 valence electrons. The molecule has 0 aliphatic rings. The molecule has 0 N–H and O–H groups in total. The van der Waals surface area contributed by atoms with Crippen LogP contribution in [0.2, 0.25) is 5.02 Å². The van der Waals surface area contributed by atoms with Crippen molar-refractivity contribution in [3.05, 3.63) is 34.3 Å². The van der Waals surface area contributed by atoms with Gasteiger partial charge in [-0.3, -0.25) is 4.79 Å². The van der Waals surface area contributed by atoms with Gasteiger partial charge in [-0.1, -0.05) is 23.7 Å². The Labute approximate surface area is 100 Å². The highest BCUT2D eigenvalue weighted by Gasteiger charge is 2.06. The van der Waals surface area contributed by atoms with Gasteiger partial charge in [-0.2, -0.15) is 0 Å². The molecule has 0 amide bonds. The van der Waals surface area contributed by atoms with Crippen LogP contribution in [-0.4, -0.2) is 11.7 Å². The number of rotatable bonds is 5. The number of halogens is 2. The number of benzene rings is 1. The molecule has 0 saturated heterocycles. The second-order valence-electron chi connectivity index (χ2n) is 3.60. The topological polar surface area (TPSA) is 17.1 Å². The Balaban J connectivity index is 2.60. The molecule has 0 aromatic heterocycles. The van der Waals surface area contributed by atoms with Gasteiger partial charge in [0, 0.05) is 23.7 Å². The summed E-state index contributed by atoms with van der Waals surface area (Å²) in [5.74, 6) is 0.731. The van der Waals surface area contributed by atoms with Gasteiger partial charge >= 0.3 is 0 Å². The average molecular weight is 245 g/mol. The van der Waals surface area contributed by atoms with Crippen LogP contribution >= 0.6 is 23.2 Å². The van der Waals surface area contributed by atoms with Crippen LogP contribution in [0.4, 0.5) is 0 Å². The molecule has 0 fully saturated rings. The molecule has 0 atom stereocenters. The van der Waals surface area contributed by atoms with Gasteiger partial charge in [0.25, 0.3) is 0 Å². The third kappa shape index (κ3) is 4.23. The van der Waals surface area contributed by atoms with Gasteiger partial charge in [-0.05, 0) is 30.5 Å². The molecule has 0 aliphatic heterocycles. The van der Waals surface area contributed by atoms with E-state index in [1.807, 2.05) is 25.1 Å². The number of hydrogen-bond acceptors (Lipinski definition) is 1. The SMILES string of the molecule is Cc1ccc(CC(=O)CCCCl)c(Cl)c1. The molecule has 0 aliphatic carbocycles. The Hall–Kier alpha value is -0.530. The lowest BCUT2D eigenvalue weighted by molar-refractivity contribution is -0.118. The maximum Gasteiger partial charge on any atom is 0.137 e. The zero-order valence-electron chi connectivity index (χ0n) is 8.72. The molecule has 1 rings (SSSR count). The normalized spacial score (nSPS) is 10.3. The van der Waals surface area contributed by atoms with Crippen molar-refractivity contribution < 1.29 is 4.79 Å². The lowest BCUT2D eigenvalue weighted by Gasteiger charge is -2.04. The molecule has 0 bridgehead atoms.